The molecule has 1 heterocycles. The van der Waals surface area contributed by atoms with E-state index >= 15 is 0 Å². The van der Waals surface area contributed by atoms with Gasteiger partial charge >= 0.3 is 0 Å². The van der Waals surface area contributed by atoms with Crippen LogP contribution in [0.4, 0.5) is 0 Å². The Balaban J connectivity index is 0.000000980. The van der Waals surface area contributed by atoms with E-state index in [0.717, 1.165) is 5.56 Å². The van der Waals surface area contributed by atoms with Gasteiger partial charge < -0.3 is 4.52 Å². The molecule has 0 atom stereocenters. The van der Waals surface area contributed by atoms with Crippen LogP contribution in [-0.2, 0) is 0 Å². The van der Waals surface area contributed by atoms with Gasteiger partial charge in [0.05, 0.1) is 17.8 Å². The molecule has 0 fully saturated rings. The fourth-order valence-electron chi connectivity index (χ4n) is 1.08. The monoisotopic (exact) mass is 207 g/mol. The van der Waals surface area contributed by atoms with Crippen LogP contribution in [0.5, 0.6) is 0 Å². The number of nitriles is 1. The third-order valence-electron chi connectivity index (χ3n) is 1.67. The third-order valence-corrected chi connectivity index (χ3v) is 1.67. The van der Waals surface area contributed by atoms with Crippen molar-refractivity contribution in [3.63, 3.8) is 0 Å². The predicted octanol–water partition coefficient (Wildman–Crippen LogP) is 2.03. The van der Waals surface area contributed by atoms with E-state index in [1.165, 1.54) is 6.20 Å². The summed E-state index contributed by atoms with van der Waals surface area (Å²) in [6.07, 6.45) is 1.48. The Bertz CT molecular complexity index is 447. The number of rotatable bonds is 1. The van der Waals surface area contributed by atoms with Gasteiger partial charge in [-0.2, -0.15) is 5.26 Å². The second-order valence-electron chi connectivity index (χ2n) is 2.44. The molecular weight excluding hydrogens is 202 g/mol. The van der Waals surface area contributed by atoms with Gasteiger partial charge in [0.25, 0.3) is 0 Å². The summed E-state index contributed by atoms with van der Waals surface area (Å²) in [7, 11) is 0. The molecule has 0 unspecified atom stereocenters. The lowest BCUT2D eigenvalue weighted by Crippen LogP contribution is -1.80. The molecular formula is C9H6ClN3O. The van der Waals surface area contributed by atoms with Gasteiger partial charge in [0, 0.05) is 10.8 Å². The Hall–Kier alpha value is -1.86. The van der Waals surface area contributed by atoms with Crippen LogP contribution in [0.25, 0.3) is 11.3 Å². The van der Waals surface area contributed by atoms with Crippen LogP contribution in [0.1, 0.15) is 5.56 Å². The highest BCUT2D eigenvalue weighted by Crippen LogP contribution is 2.21. The van der Waals surface area contributed by atoms with Crippen LogP contribution in [0.3, 0.4) is 0 Å². The highest BCUT2D eigenvalue weighted by atomic mass is 35.5. The van der Waals surface area contributed by atoms with Crippen molar-refractivity contribution in [2.24, 2.45) is 0 Å². The van der Waals surface area contributed by atoms with Crippen LogP contribution < -0.4 is 0 Å². The smallest absolute Gasteiger partial charge is 0.188 e. The van der Waals surface area contributed by atoms with Crippen LogP contribution in [-0.4, -0.2) is 10.4 Å². The topological polar surface area (TPSA) is 62.7 Å². The van der Waals surface area contributed by atoms with Crippen LogP contribution in [0.2, 0.25) is 0 Å². The standard InChI is InChI=1S/C9H5N3O.ClH/c10-5-7-3-1-2-4-8(7)9-6-11-12-13-9;/h1-4,6H;1H. The molecule has 0 saturated carbocycles. The summed E-state index contributed by atoms with van der Waals surface area (Å²) in [5.74, 6) is 0.511. The van der Waals surface area contributed by atoms with Gasteiger partial charge in [-0.1, -0.05) is 12.1 Å². The first-order valence-corrected chi connectivity index (χ1v) is 3.68. The Morgan fingerprint density at radius 2 is 2.07 bits per heavy atom. The Morgan fingerprint density at radius 3 is 2.71 bits per heavy atom. The molecule has 0 N–H and O–H groups in total. The van der Waals surface area contributed by atoms with Gasteiger partial charge in [0.1, 0.15) is 0 Å². The molecule has 0 saturated heterocycles. The lowest BCUT2D eigenvalue weighted by molar-refractivity contribution is 0.403. The molecule has 4 nitrogen and oxygen atoms in total. The number of benzene rings is 1. The largest absolute Gasteiger partial charge is 0.337 e. The van der Waals surface area contributed by atoms with Crippen molar-refractivity contribution in [3.05, 3.63) is 36.0 Å². The minimum absolute atomic E-state index is 0. The lowest BCUT2D eigenvalue weighted by Gasteiger charge is -1.95. The Kier molecular flexibility index (Phi) is 3.21. The Labute approximate surface area is 86.6 Å². The molecule has 0 amide bonds. The average Bonchev–Trinajstić information content (AvgIpc) is 2.70. The summed E-state index contributed by atoms with van der Waals surface area (Å²) in [6.45, 7) is 0. The first kappa shape index (κ1) is 10.2. The molecule has 0 bridgehead atoms. The average molecular weight is 208 g/mol. The molecule has 14 heavy (non-hydrogen) atoms. The zero-order chi connectivity index (χ0) is 9.10. The maximum Gasteiger partial charge on any atom is 0.188 e. The van der Waals surface area contributed by atoms with E-state index in [9.17, 15) is 0 Å². The summed E-state index contributed by atoms with van der Waals surface area (Å²) in [6, 6.07) is 9.21. The van der Waals surface area contributed by atoms with E-state index in [4.69, 9.17) is 9.78 Å². The van der Waals surface area contributed by atoms with Gasteiger partial charge in [-0.05, 0) is 12.1 Å². The van der Waals surface area contributed by atoms with Crippen molar-refractivity contribution in [2.45, 2.75) is 0 Å². The fourth-order valence-corrected chi connectivity index (χ4v) is 1.08. The normalized spacial score (nSPS) is 8.79. The molecule has 2 aromatic rings. The van der Waals surface area contributed by atoms with E-state index in [1.54, 1.807) is 18.2 Å². The first-order valence-electron chi connectivity index (χ1n) is 3.68. The quantitative estimate of drug-likeness (QED) is 0.718. The van der Waals surface area contributed by atoms with E-state index in [2.05, 4.69) is 16.4 Å². The van der Waals surface area contributed by atoms with Gasteiger partial charge in [0.2, 0.25) is 0 Å². The molecule has 0 aliphatic heterocycles. The van der Waals surface area contributed by atoms with Crippen molar-refractivity contribution < 1.29 is 4.52 Å². The molecule has 1 aromatic carbocycles. The number of halogens is 1. The number of aromatic nitrogens is 2. The highest BCUT2D eigenvalue weighted by molar-refractivity contribution is 5.85. The predicted molar refractivity (Wildman–Crippen MR) is 51.7 cm³/mol. The minimum Gasteiger partial charge on any atom is -0.337 e. The van der Waals surface area contributed by atoms with Crippen LogP contribution in [0, 0.1) is 11.3 Å². The van der Waals surface area contributed by atoms with Crippen molar-refractivity contribution in [3.8, 4) is 17.4 Å². The number of hydrogen-bond acceptors (Lipinski definition) is 4. The van der Waals surface area contributed by atoms with Gasteiger partial charge in [-0.25, -0.2) is 0 Å². The Morgan fingerprint density at radius 1 is 1.29 bits per heavy atom. The summed E-state index contributed by atoms with van der Waals surface area (Å²) in [5, 5.41) is 15.7. The van der Waals surface area contributed by atoms with Crippen molar-refractivity contribution in [1.82, 2.24) is 10.4 Å². The van der Waals surface area contributed by atoms with Gasteiger partial charge in [-0.3, -0.25) is 0 Å². The molecule has 0 aliphatic rings. The summed E-state index contributed by atoms with van der Waals surface area (Å²) < 4.78 is 4.85. The van der Waals surface area contributed by atoms with E-state index in [1.807, 2.05) is 6.07 Å². The summed E-state index contributed by atoms with van der Waals surface area (Å²) in [4.78, 5) is 0. The SMILES string of the molecule is Cl.N#Cc1ccccc1-c1cnno1. The molecule has 0 radical (unpaired) electrons. The second kappa shape index (κ2) is 4.40. The van der Waals surface area contributed by atoms with Gasteiger partial charge in [0.15, 0.2) is 5.76 Å². The minimum atomic E-state index is 0. The fraction of sp³-hybridized carbons (Fsp3) is 0. The van der Waals surface area contributed by atoms with E-state index in [-0.39, 0.29) is 12.4 Å². The van der Waals surface area contributed by atoms with Crippen molar-refractivity contribution in [2.75, 3.05) is 0 Å². The number of nitrogens with zero attached hydrogens (tertiary/aromatic N) is 3. The molecule has 2 rings (SSSR count). The highest BCUT2D eigenvalue weighted by Gasteiger charge is 2.06. The molecule has 1 aromatic heterocycles. The molecule has 0 aliphatic carbocycles. The first-order chi connectivity index (χ1) is 6.42. The van der Waals surface area contributed by atoms with E-state index in [0.29, 0.717) is 11.3 Å². The van der Waals surface area contributed by atoms with Crippen LogP contribution in [0.15, 0.2) is 35.0 Å². The third kappa shape index (κ3) is 1.73. The summed E-state index contributed by atoms with van der Waals surface area (Å²) in [5.41, 5.74) is 1.27. The molecule has 70 valence electrons. The number of hydrogen-bond donors (Lipinski definition) is 0. The van der Waals surface area contributed by atoms with Crippen molar-refractivity contribution in [1.29, 1.82) is 5.26 Å². The molecule has 0 spiro atoms. The maximum atomic E-state index is 8.78. The zero-order valence-electron chi connectivity index (χ0n) is 7.04. The van der Waals surface area contributed by atoms with E-state index < -0.39 is 0 Å². The maximum absolute atomic E-state index is 8.78. The summed E-state index contributed by atoms with van der Waals surface area (Å²) >= 11 is 0. The second-order valence-corrected chi connectivity index (χ2v) is 2.44. The van der Waals surface area contributed by atoms with Gasteiger partial charge in [-0.15, -0.1) is 17.5 Å². The van der Waals surface area contributed by atoms with Crippen LogP contribution >= 0.6 is 12.4 Å². The van der Waals surface area contributed by atoms with Crippen molar-refractivity contribution >= 4 is 12.4 Å². The lowest BCUT2D eigenvalue weighted by atomic mass is 10.1. The molecule has 5 heteroatoms. The zero-order valence-corrected chi connectivity index (χ0v) is 7.86.